The van der Waals surface area contributed by atoms with Crippen LogP contribution in [0.15, 0.2) is 48.7 Å². The van der Waals surface area contributed by atoms with E-state index in [0.717, 1.165) is 14.7 Å². The maximum atomic E-state index is 13.3. The second-order valence-corrected chi connectivity index (χ2v) is 9.15. The molecule has 0 unspecified atom stereocenters. The molecule has 172 valence electrons. The van der Waals surface area contributed by atoms with Crippen molar-refractivity contribution in [2.24, 2.45) is 7.05 Å². The molecule has 0 aliphatic rings. The molecule has 2 heterocycles. The molecule has 0 aliphatic carbocycles. The van der Waals surface area contributed by atoms with E-state index < -0.39 is 11.9 Å². The number of nitrogens with one attached hydrogen (secondary N) is 1. The summed E-state index contributed by atoms with van der Waals surface area (Å²) >= 11 is 2.45. The topological polar surface area (TPSA) is 78.0 Å². The number of nitrogen functional groups attached to an aromatic ring is 1. The summed E-state index contributed by atoms with van der Waals surface area (Å²) in [5.74, 6) is -2.29. The van der Waals surface area contributed by atoms with Gasteiger partial charge in [0.2, 0.25) is 0 Å². The van der Waals surface area contributed by atoms with E-state index in [1.54, 1.807) is 48.1 Å². The van der Waals surface area contributed by atoms with Crippen LogP contribution in [0.1, 0.15) is 18.6 Å². The van der Waals surface area contributed by atoms with Crippen molar-refractivity contribution >= 4 is 56.9 Å². The Bertz CT molecular complexity index is 1300. The third-order valence-electron chi connectivity index (χ3n) is 5.00. The first-order valence-corrected chi connectivity index (χ1v) is 11.7. The van der Waals surface area contributed by atoms with Crippen LogP contribution in [-0.4, -0.2) is 20.5 Å². The fourth-order valence-corrected chi connectivity index (χ4v) is 4.59. The highest BCUT2D eigenvalue weighted by Crippen LogP contribution is 2.39. The quantitative estimate of drug-likeness (QED) is 0.194. The van der Waals surface area contributed by atoms with E-state index in [-0.39, 0.29) is 17.8 Å². The zero-order valence-corrected chi connectivity index (χ0v) is 20.5. The van der Waals surface area contributed by atoms with Gasteiger partial charge in [-0.2, -0.15) is 13.9 Å². The van der Waals surface area contributed by atoms with Gasteiger partial charge in [0.05, 0.1) is 20.2 Å². The van der Waals surface area contributed by atoms with Crippen LogP contribution in [0.5, 0.6) is 5.75 Å². The number of ether oxygens (including phenoxy) is 1. The van der Waals surface area contributed by atoms with E-state index in [2.05, 4.69) is 37.4 Å². The van der Waals surface area contributed by atoms with Gasteiger partial charge in [0, 0.05) is 30.8 Å². The van der Waals surface area contributed by atoms with Crippen molar-refractivity contribution in [1.29, 1.82) is 0 Å². The number of halogens is 4. The first-order valence-electron chi connectivity index (χ1n) is 9.77. The van der Waals surface area contributed by atoms with Gasteiger partial charge in [-0.15, -0.1) is 0 Å². The summed E-state index contributed by atoms with van der Waals surface area (Å²) < 4.78 is 50.3. The summed E-state index contributed by atoms with van der Waals surface area (Å²) in [6.07, 6.45) is 1.21. The van der Waals surface area contributed by atoms with Gasteiger partial charge >= 0.3 is 5.76 Å². The van der Waals surface area contributed by atoms with Crippen LogP contribution in [0.2, 0.25) is 0 Å². The number of alkyl halides is 2. The lowest BCUT2D eigenvalue weighted by Crippen LogP contribution is -2.05. The van der Waals surface area contributed by atoms with Crippen LogP contribution < -0.4 is 15.2 Å². The van der Waals surface area contributed by atoms with Crippen LogP contribution in [0.3, 0.4) is 0 Å². The number of nitrogens with zero attached hydrogens (tertiary/aromatic N) is 3. The lowest BCUT2D eigenvalue weighted by molar-refractivity contribution is 0.228. The average molecular weight is 585 g/mol. The molecule has 2 aromatic heterocycles. The van der Waals surface area contributed by atoms with E-state index in [0.29, 0.717) is 33.9 Å². The number of aromatic nitrogens is 3. The zero-order chi connectivity index (χ0) is 23.7. The average Bonchev–Trinajstić information content (AvgIpc) is 3.14. The maximum absolute atomic E-state index is 13.3. The van der Waals surface area contributed by atoms with Gasteiger partial charge in [0.1, 0.15) is 29.2 Å². The number of pyridine rings is 1. The molecule has 11 heteroatoms. The Labute approximate surface area is 206 Å². The number of fused-ring (bicyclic) bond motifs is 1. The second-order valence-electron chi connectivity index (χ2n) is 7.19. The zero-order valence-electron chi connectivity index (χ0n) is 17.5. The Morgan fingerprint density at radius 1 is 1.18 bits per heavy atom. The summed E-state index contributed by atoms with van der Waals surface area (Å²) in [4.78, 5) is 4.25. The number of hydrogen-bond acceptors (Lipinski definition) is 6. The highest BCUT2D eigenvalue weighted by Gasteiger charge is 2.20. The van der Waals surface area contributed by atoms with Crippen molar-refractivity contribution in [1.82, 2.24) is 14.8 Å². The molecule has 0 spiro atoms. The van der Waals surface area contributed by atoms with Crippen LogP contribution >= 0.6 is 34.5 Å². The lowest BCUT2D eigenvalue weighted by Gasteiger charge is -2.19. The molecule has 1 atom stereocenters. The van der Waals surface area contributed by atoms with E-state index in [1.807, 2.05) is 7.05 Å². The molecule has 0 radical (unpaired) electrons. The standard InChI is InChI=1S/C22H19F3IN5OS/c1-11(12-3-6-14(23)7-4-12)32-17-9-13(5-8-16(17)30-33-22(24)25)19-18-20(31(2)29-19)15(26)10-28-21(18)27/h3-11,22,30H,1-2H3,(H2,27,28)/t11-/m0/s1. The Morgan fingerprint density at radius 3 is 2.61 bits per heavy atom. The number of nitrogens with two attached hydrogens (primary N) is 1. The molecule has 0 saturated carbocycles. The highest BCUT2D eigenvalue weighted by atomic mass is 127. The minimum absolute atomic E-state index is 0.272. The van der Waals surface area contributed by atoms with E-state index in [9.17, 15) is 13.2 Å². The Kier molecular flexibility index (Phi) is 6.88. The van der Waals surface area contributed by atoms with Gasteiger partial charge in [-0.05, 0) is 59.3 Å². The number of hydrogen-bond donors (Lipinski definition) is 2. The van der Waals surface area contributed by atoms with Gasteiger partial charge in [0.15, 0.2) is 0 Å². The van der Waals surface area contributed by atoms with Gasteiger partial charge < -0.3 is 15.2 Å². The molecule has 2 aromatic carbocycles. The third-order valence-corrected chi connectivity index (χ3v) is 6.31. The molecular weight excluding hydrogens is 566 g/mol. The summed E-state index contributed by atoms with van der Waals surface area (Å²) in [5, 5.41) is 5.32. The SMILES string of the molecule is C[C@H](Oc1cc(-c2nn(C)c3c(I)cnc(N)c23)ccc1NSC(F)F)c1ccc(F)cc1. The molecule has 0 saturated heterocycles. The molecule has 4 rings (SSSR count). The van der Waals surface area contributed by atoms with Gasteiger partial charge in [-0.25, -0.2) is 9.37 Å². The Hall–Kier alpha value is -2.67. The van der Waals surface area contributed by atoms with Crippen molar-refractivity contribution in [3.63, 3.8) is 0 Å². The van der Waals surface area contributed by atoms with Crippen LogP contribution in [0.4, 0.5) is 24.7 Å². The van der Waals surface area contributed by atoms with Crippen molar-refractivity contribution in [3.05, 3.63) is 63.6 Å². The predicted molar refractivity (Wildman–Crippen MR) is 134 cm³/mol. The molecule has 0 bridgehead atoms. The molecule has 0 fully saturated rings. The first-order chi connectivity index (χ1) is 15.7. The number of anilines is 2. The van der Waals surface area contributed by atoms with Crippen molar-refractivity contribution in [2.75, 3.05) is 10.5 Å². The minimum Gasteiger partial charge on any atom is -0.484 e. The number of aryl methyl sites for hydroxylation is 1. The Balaban J connectivity index is 1.78. The van der Waals surface area contributed by atoms with E-state index in [1.165, 1.54) is 12.1 Å². The van der Waals surface area contributed by atoms with Gasteiger partial charge in [-0.3, -0.25) is 4.68 Å². The number of rotatable bonds is 7. The fraction of sp³-hybridized carbons (Fsp3) is 0.182. The molecule has 33 heavy (non-hydrogen) atoms. The van der Waals surface area contributed by atoms with Crippen molar-refractivity contribution in [2.45, 2.75) is 18.8 Å². The normalized spacial score (nSPS) is 12.3. The Morgan fingerprint density at radius 2 is 1.91 bits per heavy atom. The van der Waals surface area contributed by atoms with Gasteiger partial charge in [0.25, 0.3) is 0 Å². The highest BCUT2D eigenvalue weighted by molar-refractivity contribution is 14.1. The minimum atomic E-state index is -2.61. The fourth-order valence-electron chi connectivity index (χ4n) is 3.45. The molecule has 0 amide bonds. The van der Waals surface area contributed by atoms with E-state index in [4.69, 9.17) is 10.5 Å². The largest absolute Gasteiger partial charge is 0.484 e. The maximum Gasteiger partial charge on any atom is 0.302 e. The number of benzene rings is 2. The van der Waals surface area contributed by atoms with E-state index >= 15 is 0 Å². The van der Waals surface area contributed by atoms with Crippen molar-refractivity contribution < 1.29 is 17.9 Å². The first kappa shape index (κ1) is 23.5. The second kappa shape index (κ2) is 9.67. The lowest BCUT2D eigenvalue weighted by atomic mass is 10.1. The van der Waals surface area contributed by atoms with Crippen LogP contribution in [-0.2, 0) is 7.05 Å². The monoisotopic (exact) mass is 585 g/mol. The van der Waals surface area contributed by atoms with Crippen LogP contribution in [0.25, 0.3) is 22.2 Å². The molecule has 6 nitrogen and oxygen atoms in total. The molecular formula is C22H19F3IN5OS. The predicted octanol–water partition coefficient (Wildman–Crippen LogP) is 6.38. The van der Waals surface area contributed by atoms with Gasteiger partial charge in [-0.1, -0.05) is 18.2 Å². The van der Waals surface area contributed by atoms with Crippen LogP contribution in [0, 0.1) is 9.39 Å². The molecule has 0 aliphatic heterocycles. The smallest absolute Gasteiger partial charge is 0.302 e. The molecule has 3 N–H and O–H groups in total. The summed E-state index contributed by atoms with van der Waals surface area (Å²) in [5.41, 5.74) is 9.41. The van der Waals surface area contributed by atoms with Crippen molar-refractivity contribution in [3.8, 4) is 17.0 Å². The third kappa shape index (κ3) is 4.98. The summed E-state index contributed by atoms with van der Waals surface area (Å²) in [7, 11) is 1.82. The summed E-state index contributed by atoms with van der Waals surface area (Å²) in [6.45, 7) is 1.80. The summed E-state index contributed by atoms with van der Waals surface area (Å²) in [6, 6.07) is 11.0. The molecule has 4 aromatic rings.